The first-order valence-electron chi connectivity index (χ1n) is 17.6. The molecule has 10 rings (SSSR count). The Balaban J connectivity index is 1.23. The SMILES string of the molecule is CC1(C)c2ccccc2-c2ccc(N(c3ccc4c(c3)sc3ccccc34)c3ccccc3-c3cccc4c3-c3ccccc3C4(C)C)cc21. The molecule has 1 nitrogen and oxygen atoms in total. The summed E-state index contributed by atoms with van der Waals surface area (Å²) in [6, 6.07) is 56.8. The third kappa shape index (κ3) is 4.06. The molecule has 8 aromatic rings. The van der Waals surface area contributed by atoms with Crippen molar-refractivity contribution in [3.63, 3.8) is 0 Å². The average Bonchev–Trinajstić information content (AvgIpc) is 3.71. The summed E-state index contributed by atoms with van der Waals surface area (Å²) in [6.45, 7) is 9.47. The van der Waals surface area contributed by atoms with E-state index in [9.17, 15) is 0 Å². The summed E-state index contributed by atoms with van der Waals surface area (Å²) >= 11 is 1.88. The van der Waals surface area contributed by atoms with Crippen LogP contribution in [0.4, 0.5) is 17.1 Å². The Morgan fingerprint density at radius 2 is 0.960 bits per heavy atom. The molecule has 0 bridgehead atoms. The Labute approximate surface area is 298 Å². The van der Waals surface area contributed by atoms with Gasteiger partial charge in [0.05, 0.1) is 5.69 Å². The number of anilines is 3. The Morgan fingerprint density at radius 3 is 1.80 bits per heavy atom. The third-order valence-electron chi connectivity index (χ3n) is 11.5. The van der Waals surface area contributed by atoms with E-state index in [4.69, 9.17) is 0 Å². The maximum atomic E-state index is 2.50. The van der Waals surface area contributed by atoms with Gasteiger partial charge >= 0.3 is 0 Å². The molecule has 50 heavy (non-hydrogen) atoms. The Kier molecular flexibility index (Phi) is 6.21. The fraction of sp³-hybridized carbons (Fsp3) is 0.125. The van der Waals surface area contributed by atoms with Gasteiger partial charge in [-0.3, -0.25) is 0 Å². The van der Waals surface area contributed by atoms with Crippen molar-refractivity contribution >= 4 is 48.6 Å². The van der Waals surface area contributed by atoms with Gasteiger partial charge in [-0.25, -0.2) is 0 Å². The van der Waals surface area contributed by atoms with Crippen molar-refractivity contribution in [1.29, 1.82) is 0 Å². The number of fused-ring (bicyclic) bond motifs is 9. The van der Waals surface area contributed by atoms with Gasteiger partial charge in [-0.15, -0.1) is 11.3 Å². The second kappa shape index (κ2) is 10.5. The average molecular weight is 660 g/mol. The highest BCUT2D eigenvalue weighted by Crippen LogP contribution is 2.55. The monoisotopic (exact) mass is 659 g/mol. The largest absolute Gasteiger partial charge is 0.310 e. The van der Waals surface area contributed by atoms with Crippen LogP contribution in [0.1, 0.15) is 49.9 Å². The van der Waals surface area contributed by atoms with Crippen LogP contribution in [0.5, 0.6) is 0 Å². The predicted molar refractivity (Wildman–Crippen MR) is 215 cm³/mol. The zero-order valence-corrected chi connectivity index (χ0v) is 29.6. The first-order valence-corrected chi connectivity index (χ1v) is 18.4. The molecule has 0 saturated carbocycles. The van der Waals surface area contributed by atoms with Gasteiger partial charge in [0.15, 0.2) is 0 Å². The number of benzene rings is 7. The van der Waals surface area contributed by atoms with Crippen molar-refractivity contribution in [2.75, 3.05) is 4.90 Å². The minimum Gasteiger partial charge on any atom is -0.310 e. The van der Waals surface area contributed by atoms with Crippen LogP contribution in [0.15, 0.2) is 152 Å². The van der Waals surface area contributed by atoms with Crippen LogP contribution in [0, 0.1) is 0 Å². The molecule has 0 spiro atoms. The highest BCUT2D eigenvalue weighted by molar-refractivity contribution is 7.25. The summed E-state index contributed by atoms with van der Waals surface area (Å²) in [6.07, 6.45) is 0. The molecule has 2 aliphatic rings. The molecule has 0 saturated heterocycles. The maximum absolute atomic E-state index is 2.50. The summed E-state index contributed by atoms with van der Waals surface area (Å²) in [5, 5.41) is 2.64. The summed E-state index contributed by atoms with van der Waals surface area (Å²) in [4.78, 5) is 2.50. The molecule has 7 aromatic carbocycles. The van der Waals surface area contributed by atoms with Crippen molar-refractivity contribution < 1.29 is 0 Å². The smallest absolute Gasteiger partial charge is 0.0540 e. The zero-order chi connectivity index (χ0) is 33.8. The van der Waals surface area contributed by atoms with Gasteiger partial charge in [0.2, 0.25) is 0 Å². The lowest BCUT2D eigenvalue weighted by Gasteiger charge is -2.30. The molecule has 0 amide bonds. The molecule has 0 N–H and O–H groups in total. The number of rotatable bonds is 4. The highest BCUT2D eigenvalue weighted by Gasteiger charge is 2.38. The van der Waals surface area contributed by atoms with Gasteiger partial charge in [-0.1, -0.05) is 143 Å². The summed E-state index contributed by atoms with van der Waals surface area (Å²) in [7, 11) is 0. The van der Waals surface area contributed by atoms with E-state index in [-0.39, 0.29) is 10.8 Å². The fourth-order valence-corrected chi connectivity index (χ4v) is 10.1. The first kappa shape index (κ1) is 29.5. The van der Waals surface area contributed by atoms with Gasteiger partial charge < -0.3 is 4.90 Å². The number of para-hydroxylation sites is 1. The van der Waals surface area contributed by atoms with Crippen LogP contribution in [-0.2, 0) is 10.8 Å². The second-order valence-corrected chi connectivity index (χ2v) is 16.0. The molecule has 1 heterocycles. The van der Waals surface area contributed by atoms with E-state index < -0.39 is 0 Å². The van der Waals surface area contributed by atoms with E-state index in [1.165, 1.54) is 87.2 Å². The number of hydrogen-bond donors (Lipinski definition) is 0. The molecule has 0 aliphatic heterocycles. The van der Waals surface area contributed by atoms with Gasteiger partial charge in [0, 0.05) is 47.9 Å². The topological polar surface area (TPSA) is 3.24 Å². The van der Waals surface area contributed by atoms with Crippen LogP contribution in [0.25, 0.3) is 53.6 Å². The van der Waals surface area contributed by atoms with Crippen molar-refractivity contribution in [3.8, 4) is 33.4 Å². The van der Waals surface area contributed by atoms with E-state index in [0.717, 1.165) is 5.69 Å². The standard InChI is InChI=1S/C48H37NS/c1-47(2)40-20-10-6-17-38(40)46-37(18-13-21-41(46)47)34-15-7-11-22-43(34)49(31-25-27-36-35-16-8-12-23-44(35)50-45(36)29-31)30-24-26-33-32-14-5-9-19-39(32)48(3,4)42(33)28-30/h5-29H,1-4H3. The highest BCUT2D eigenvalue weighted by atomic mass is 32.1. The molecule has 240 valence electrons. The Bertz CT molecular complexity index is 2670. The van der Waals surface area contributed by atoms with Crippen molar-refractivity contribution in [3.05, 3.63) is 174 Å². The normalized spacial score (nSPS) is 14.7. The maximum Gasteiger partial charge on any atom is 0.0540 e. The summed E-state index contributed by atoms with van der Waals surface area (Å²) < 4.78 is 2.63. The molecule has 0 atom stereocenters. The predicted octanol–water partition coefficient (Wildman–Crippen LogP) is 13.8. The van der Waals surface area contributed by atoms with Crippen molar-refractivity contribution in [2.45, 2.75) is 38.5 Å². The van der Waals surface area contributed by atoms with Crippen molar-refractivity contribution in [2.24, 2.45) is 0 Å². The third-order valence-corrected chi connectivity index (χ3v) is 12.6. The van der Waals surface area contributed by atoms with Crippen LogP contribution in [-0.4, -0.2) is 0 Å². The Hall–Kier alpha value is -5.44. The van der Waals surface area contributed by atoms with Crippen LogP contribution < -0.4 is 4.90 Å². The number of nitrogens with zero attached hydrogens (tertiary/aromatic N) is 1. The van der Waals surface area contributed by atoms with Gasteiger partial charge in [0.1, 0.15) is 0 Å². The molecule has 1 aromatic heterocycles. The lowest BCUT2D eigenvalue weighted by Crippen LogP contribution is -2.17. The van der Waals surface area contributed by atoms with E-state index in [1.807, 2.05) is 11.3 Å². The van der Waals surface area contributed by atoms with E-state index in [2.05, 4.69) is 184 Å². The minimum absolute atomic E-state index is 0.0661. The first-order chi connectivity index (χ1) is 24.3. The van der Waals surface area contributed by atoms with Crippen molar-refractivity contribution in [1.82, 2.24) is 0 Å². The van der Waals surface area contributed by atoms with E-state index in [0.29, 0.717) is 0 Å². The summed E-state index contributed by atoms with van der Waals surface area (Å²) in [5.41, 5.74) is 16.8. The fourth-order valence-electron chi connectivity index (χ4n) is 8.99. The number of thiophene rings is 1. The quantitative estimate of drug-likeness (QED) is 0.182. The molecule has 0 fully saturated rings. The zero-order valence-electron chi connectivity index (χ0n) is 28.8. The Morgan fingerprint density at radius 1 is 0.400 bits per heavy atom. The number of hydrogen-bond acceptors (Lipinski definition) is 2. The van der Waals surface area contributed by atoms with Crippen LogP contribution in [0.3, 0.4) is 0 Å². The van der Waals surface area contributed by atoms with Gasteiger partial charge in [0.25, 0.3) is 0 Å². The molecule has 0 unspecified atom stereocenters. The second-order valence-electron chi connectivity index (χ2n) is 14.9. The van der Waals surface area contributed by atoms with E-state index in [1.54, 1.807) is 0 Å². The van der Waals surface area contributed by atoms with Gasteiger partial charge in [-0.05, 0) is 86.5 Å². The minimum atomic E-state index is -0.0991. The molecule has 2 heteroatoms. The molecule has 2 aliphatic carbocycles. The lowest BCUT2D eigenvalue weighted by atomic mass is 9.82. The molecular weight excluding hydrogens is 623 g/mol. The molecule has 0 radical (unpaired) electrons. The lowest BCUT2D eigenvalue weighted by molar-refractivity contribution is 0.660. The van der Waals surface area contributed by atoms with Crippen LogP contribution >= 0.6 is 11.3 Å². The van der Waals surface area contributed by atoms with Gasteiger partial charge in [-0.2, -0.15) is 0 Å². The molecular formula is C48H37NS. The van der Waals surface area contributed by atoms with E-state index >= 15 is 0 Å². The summed E-state index contributed by atoms with van der Waals surface area (Å²) in [5.74, 6) is 0. The van der Waals surface area contributed by atoms with Crippen LogP contribution in [0.2, 0.25) is 0 Å².